The highest BCUT2D eigenvalue weighted by Gasteiger charge is 2.46. The number of hydrogen-bond donors (Lipinski definition) is 0. The summed E-state index contributed by atoms with van der Waals surface area (Å²) in [5.74, 6) is 0. The quantitative estimate of drug-likeness (QED) is 0.842. The lowest BCUT2D eigenvalue weighted by molar-refractivity contribution is 0.0608. The van der Waals surface area contributed by atoms with Crippen molar-refractivity contribution in [3.63, 3.8) is 0 Å². The van der Waals surface area contributed by atoms with E-state index >= 15 is 0 Å². The maximum atomic E-state index is 12.9. The molecule has 112 valence electrons. The van der Waals surface area contributed by atoms with Gasteiger partial charge in [0.25, 0.3) is 0 Å². The van der Waals surface area contributed by atoms with Gasteiger partial charge in [-0.1, -0.05) is 0 Å². The summed E-state index contributed by atoms with van der Waals surface area (Å²) in [5.41, 5.74) is 1.31. The molecular formula is C13H21N3O3S. The standard InChI is InChI=1S/C13H21N3O3S/c1-8(2)16-10(4)13(9(3)14-16)20(17,18)15-6-12-5-11(15)7-19-12/h8,11-12H,5-7H2,1-4H3/t11-,12+/m0/s1. The molecule has 0 unspecified atom stereocenters. The van der Waals surface area contributed by atoms with Gasteiger partial charge < -0.3 is 4.74 Å². The second kappa shape index (κ2) is 4.54. The van der Waals surface area contributed by atoms with E-state index in [0.29, 0.717) is 23.7 Å². The van der Waals surface area contributed by atoms with Gasteiger partial charge in [0, 0.05) is 12.6 Å². The summed E-state index contributed by atoms with van der Waals surface area (Å²) >= 11 is 0. The molecule has 2 bridgehead atoms. The highest BCUT2D eigenvalue weighted by Crippen LogP contribution is 2.35. The summed E-state index contributed by atoms with van der Waals surface area (Å²) in [6.45, 7) is 8.59. The molecule has 0 N–H and O–H groups in total. The number of nitrogens with zero attached hydrogens (tertiary/aromatic N) is 3. The van der Waals surface area contributed by atoms with Gasteiger partial charge in [0.15, 0.2) is 0 Å². The van der Waals surface area contributed by atoms with Crippen LogP contribution in [0.15, 0.2) is 4.90 Å². The van der Waals surface area contributed by atoms with Crippen molar-refractivity contribution in [3.8, 4) is 0 Å². The molecule has 0 saturated carbocycles. The van der Waals surface area contributed by atoms with Crippen molar-refractivity contribution in [1.29, 1.82) is 0 Å². The molecule has 2 saturated heterocycles. The van der Waals surface area contributed by atoms with Gasteiger partial charge >= 0.3 is 0 Å². The molecule has 2 aliphatic heterocycles. The molecule has 2 aliphatic rings. The molecule has 0 amide bonds. The lowest BCUT2D eigenvalue weighted by atomic mass is 10.3. The maximum Gasteiger partial charge on any atom is 0.247 e. The summed E-state index contributed by atoms with van der Waals surface area (Å²) in [5, 5.41) is 4.39. The zero-order valence-electron chi connectivity index (χ0n) is 12.3. The van der Waals surface area contributed by atoms with Crippen LogP contribution in [0.3, 0.4) is 0 Å². The zero-order chi connectivity index (χ0) is 14.7. The van der Waals surface area contributed by atoms with E-state index in [4.69, 9.17) is 4.74 Å². The lowest BCUT2D eigenvalue weighted by Gasteiger charge is -2.26. The number of ether oxygens (including phenoxy) is 1. The first kappa shape index (κ1) is 14.0. The molecule has 2 fully saturated rings. The third-order valence-electron chi connectivity index (χ3n) is 4.16. The van der Waals surface area contributed by atoms with Gasteiger partial charge in [-0.25, -0.2) is 8.42 Å². The fourth-order valence-electron chi connectivity index (χ4n) is 3.30. The number of hydrogen-bond acceptors (Lipinski definition) is 4. The fourth-order valence-corrected chi connectivity index (χ4v) is 5.32. The van der Waals surface area contributed by atoms with E-state index < -0.39 is 10.0 Å². The SMILES string of the molecule is Cc1nn(C(C)C)c(C)c1S(=O)(=O)N1C[C@H]2C[C@H]1CO2. The van der Waals surface area contributed by atoms with Gasteiger partial charge in [0.2, 0.25) is 10.0 Å². The molecular weight excluding hydrogens is 278 g/mol. The summed E-state index contributed by atoms with van der Waals surface area (Å²) in [6, 6.07) is 0.141. The number of fused-ring (bicyclic) bond motifs is 2. The monoisotopic (exact) mass is 299 g/mol. The molecule has 6 nitrogen and oxygen atoms in total. The molecule has 1 aromatic heterocycles. The van der Waals surface area contributed by atoms with Crippen LogP contribution in [0.5, 0.6) is 0 Å². The van der Waals surface area contributed by atoms with E-state index in [2.05, 4.69) is 5.10 Å². The van der Waals surface area contributed by atoms with Crippen molar-refractivity contribution in [2.45, 2.75) is 57.2 Å². The molecule has 0 spiro atoms. The average molecular weight is 299 g/mol. The highest BCUT2D eigenvalue weighted by molar-refractivity contribution is 7.89. The normalized spacial score (nSPS) is 26.9. The van der Waals surface area contributed by atoms with Gasteiger partial charge in [-0.2, -0.15) is 9.40 Å². The van der Waals surface area contributed by atoms with Crippen LogP contribution >= 0.6 is 0 Å². The first-order valence-electron chi connectivity index (χ1n) is 7.01. The van der Waals surface area contributed by atoms with Crippen molar-refractivity contribution in [1.82, 2.24) is 14.1 Å². The van der Waals surface area contributed by atoms with E-state index in [9.17, 15) is 8.42 Å². The lowest BCUT2D eigenvalue weighted by Crippen LogP contribution is -2.41. The Kier molecular flexibility index (Phi) is 3.19. The molecule has 2 atom stereocenters. The third-order valence-corrected chi connectivity index (χ3v) is 6.34. The molecule has 3 rings (SSSR count). The predicted octanol–water partition coefficient (Wildman–Crippen LogP) is 1.24. The van der Waals surface area contributed by atoms with Crippen molar-refractivity contribution in [3.05, 3.63) is 11.4 Å². The van der Waals surface area contributed by atoms with E-state index in [1.54, 1.807) is 15.9 Å². The Morgan fingerprint density at radius 1 is 1.35 bits per heavy atom. The summed E-state index contributed by atoms with van der Waals surface area (Å²) in [4.78, 5) is 0.374. The van der Waals surface area contributed by atoms with Crippen LogP contribution in [0.1, 0.15) is 37.7 Å². The molecule has 20 heavy (non-hydrogen) atoms. The molecule has 0 radical (unpaired) electrons. The Labute approximate surface area is 119 Å². The number of aryl methyl sites for hydroxylation is 1. The third kappa shape index (κ3) is 1.91. The smallest absolute Gasteiger partial charge is 0.247 e. The Hall–Kier alpha value is -0.920. The summed E-state index contributed by atoms with van der Waals surface area (Å²) < 4.78 is 34.7. The van der Waals surface area contributed by atoms with E-state index in [1.807, 2.05) is 20.8 Å². The van der Waals surface area contributed by atoms with Crippen molar-refractivity contribution in [2.24, 2.45) is 0 Å². The minimum Gasteiger partial charge on any atom is -0.375 e. The van der Waals surface area contributed by atoms with Gasteiger partial charge in [0.05, 0.1) is 30.1 Å². The van der Waals surface area contributed by atoms with E-state index in [1.165, 1.54) is 0 Å². The topological polar surface area (TPSA) is 64.4 Å². The van der Waals surface area contributed by atoms with Crippen molar-refractivity contribution < 1.29 is 13.2 Å². The fraction of sp³-hybridized carbons (Fsp3) is 0.769. The van der Waals surface area contributed by atoms with Crippen LogP contribution in [0.25, 0.3) is 0 Å². The second-order valence-corrected chi connectivity index (χ2v) is 7.79. The first-order valence-corrected chi connectivity index (χ1v) is 8.45. The summed E-state index contributed by atoms with van der Waals surface area (Å²) in [6.07, 6.45) is 0.880. The maximum absolute atomic E-state index is 12.9. The number of rotatable bonds is 3. The Morgan fingerprint density at radius 2 is 2.05 bits per heavy atom. The average Bonchev–Trinajstić information content (AvgIpc) is 3.03. The first-order chi connectivity index (χ1) is 9.32. The van der Waals surface area contributed by atoms with Gasteiger partial charge in [-0.05, 0) is 34.1 Å². The number of morpholine rings is 1. The molecule has 7 heteroatoms. The Balaban J connectivity index is 2.04. The van der Waals surface area contributed by atoms with Crippen LogP contribution in [0.4, 0.5) is 0 Å². The Bertz CT molecular complexity index is 636. The van der Waals surface area contributed by atoms with Crippen LogP contribution in [-0.2, 0) is 14.8 Å². The molecule has 0 aromatic carbocycles. The summed E-state index contributed by atoms with van der Waals surface area (Å²) in [7, 11) is -3.47. The van der Waals surface area contributed by atoms with E-state index in [0.717, 1.165) is 12.1 Å². The minimum atomic E-state index is -3.47. The number of aromatic nitrogens is 2. The van der Waals surface area contributed by atoms with Gasteiger partial charge in [0.1, 0.15) is 4.90 Å². The van der Waals surface area contributed by atoms with Crippen molar-refractivity contribution >= 4 is 10.0 Å². The van der Waals surface area contributed by atoms with Crippen LogP contribution in [-0.4, -0.2) is 47.8 Å². The molecule has 0 aliphatic carbocycles. The van der Waals surface area contributed by atoms with Crippen LogP contribution in [0.2, 0.25) is 0 Å². The molecule has 1 aromatic rings. The van der Waals surface area contributed by atoms with Crippen molar-refractivity contribution in [2.75, 3.05) is 13.2 Å². The second-order valence-electron chi connectivity index (χ2n) is 5.96. The highest BCUT2D eigenvalue weighted by atomic mass is 32.2. The number of sulfonamides is 1. The molecule has 3 heterocycles. The minimum absolute atomic E-state index is 0.00815. The largest absolute Gasteiger partial charge is 0.375 e. The Morgan fingerprint density at radius 3 is 2.50 bits per heavy atom. The van der Waals surface area contributed by atoms with Crippen LogP contribution in [0, 0.1) is 13.8 Å². The zero-order valence-corrected chi connectivity index (χ0v) is 13.1. The van der Waals surface area contributed by atoms with Gasteiger partial charge in [-0.15, -0.1) is 0 Å². The predicted molar refractivity (Wildman–Crippen MR) is 74.1 cm³/mol. The van der Waals surface area contributed by atoms with Gasteiger partial charge in [-0.3, -0.25) is 4.68 Å². The van der Waals surface area contributed by atoms with Crippen LogP contribution < -0.4 is 0 Å². The van der Waals surface area contributed by atoms with E-state index in [-0.39, 0.29) is 18.2 Å².